The summed E-state index contributed by atoms with van der Waals surface area (Å²) < 4.78 is 5.57. The van der Waals surface area contributed by atoms with Crippen LogP contribution in [-0.4, -0.2) is 12.7 Å². The predicted molar refractivity (Wildman–Crippen MR) is 47.6 cm³/mol. The monoisotopic (exact) mass is 154 g/mol. The molecule has 2 atom stereocenters. The maximum Gasteiger partial charge on any atom is 0.0578 e. The van der Waals surface area contributed by atoms with E-state index in [-0.39, 0.29) is 0 Å². The summed E-state index contributed by atoms with van der Waals surface area (Å²) >= 11 is 0. The van der Waals surface area contributed by atoms with Crippen LogP contribution >= 0.6 is 0 Å². The molecular formula is C10H18O. The lowest BCUT2D eigenvalue weighted by Gasteiger charge is -2.29. The molecule has 1 fully saturated rings. The Bertz CT molecular complexity index is 140. The molecule has 0 radical (unpaired) electrons. The fourth-order valence-corrected chi connectivity index (χ4v) is 1.61. The van der Waals surface area contributed by atoms with Crippen LogP contribution in [0.4, 0.5) is 0 Å². The van der Waals surface area contributed by atoms with Crippen molar-refractivity contribution in [2.24, 2.45) is 5.92 Å². The van der Waals surface area contributed by atoms with E-state index in [9.17, 15) is 0 Å². The Labute approximate surface area is 69.4 Å². The summed E-state index contributed by atoms with van der Waals surface area (Å²) in [4.78, 5) is 0. The molecule has 1 nitrogen and oxygen atoms in total. The van der Waals surface area contributed by atoms with Crippen molar-refractivity contribution >= 4 is 0 Å². The summed E-state index contributed by atoms with van der Waals surface area (Å²) in [6.07, 6.45) is 3.99. The van der Waals surface area contributed by atoms with Gasteiger partial charge in [-0.3, -0.25) is 0 Å². The van der Waals surface area contributed by atoms with Crippen LogP contribution in [0.25, 0.3) is 0 Å². The lowest BCUT2D eigenvalue weighted by Crippen LogP contribution is -2.25. The van der Waals surface area contributed by atoms with Crippen LogP contribution in [-0.2, 0) is 4.74 Å². The number of hydrogen-bond donors (Lipinski definition) is 0. The van der Waals surface area contributed by atoms with Crippen LogP contribution in [0.15, 0.2) is 12.2 Å². The lowest BCUT2D eigenvalue weighted by atomic mass is 9.89. The van der Waals surface area contributed by atoms with Crippen LogP contribution in [0.5, 0.6) is 0 Å². The van der Waals surface area contributed by atoms with Crippen molar-refractivity contribution in [3.63, 3.8) is 0 Å². The van der Waals surface area contributed by atoms with E-state index < -0.39 is 0 Å². The second-order valence-electron chi connectivity index (χ2n) is 3.47. The van der Waals surface area contributed by atoms with Gasteiger partial charge in [-0.15, -0.1) is 0 Å². The summed E-state index contributed by atoms with van der Waals surface area (Å²) in [5.41, 5.74) is 1.33. The molecule has 0 aromatic heterocycles. The van der Waals surface area contributed by atoms with E-state index in [1.54, 1.807) is 0 Å². The highest BCUT2D eigenvalue weighted by Crippen LogP contribution is 2.26. The molecule has 0 N–H and O–H groups in total. The first kappa shape index (κ1) is 8.79. The van der Waals surface area contributed by atoms with E-state index in [1.807, 2.05) is 0 Å². The van der Waals surface area contributed by atoms with Gasteiger partial charge in [-0.05, 0) is 32.1 Å². The minimum Gasteiger partial charge on any atom is -0.378 e. The second-order valence-corrected chi connectivity index (χ2v) is 3.47. The average molecular weight is 154 g/mol. The van der Waals surface area contributed by atoms with E-state index in [4.69, 9.17) is 4.74 Å². The molecule has 0 aromatic rings. The van der Waals surface area contributed by atoms with E-state index in [0.29, 0.717) is 12.0 Å². The molecular weight excluding hydrogens is 136 g/mol. The molecule has 64 valence electrons. The van der Waals surface area contributed by atoms with Crippen LogP contribution in [0.2, 0.25) is 0 Å². The van der Waals surface area contributed by atoms with Crippen molar-refractivity contribution in [1.29, 1.82) is 0 Å². The third-order valence-electron chi connectivity index (χ3n) is 2.52. The first-order valence-corrected chi connectivity index (χ1v) is 4.51. The van der Waals surface area contributed by atoms with Gasteiger partial charge < -0.3 is 4.74 Å². The Kier molecular flexibility index (Phi) is 3.13. The Morgan fingerprint density at radius 1 is 1.64 bits per heavy atom. The lowest BCUT2D eigenvalue weighted by molar-refractivity contribution is -0.00298. The average Bonchev–Trinajstić information content (AvgIpc) is 2.05. The fraction of sp³-hybridized carbons (Fsp3) is 0.800. The standard InChI is InChI=1S/C10H18O/c1-4-10-7-9(8(2)3)5-6-11-10/h9-10H,2,4-7H2,1,3H3/t9-,10?/m0/s1. The Morgan fingerprint density at radius 2 is 2.36 bits per heavy atom. The summed E-state index contributed by atoms with van der Waals surface area (Å²) in [6, 6.07) is 0. The zero-order valence-electron chi connectivity index (χ0n) is 7.60. The highest BCUT2D eigenvalue weighted by molar-refractivity contribution is 4.98. The quantitative estimate of drug-likeness (QED) is 0.556. The molecule has 11 heavy (non-hydrogen) atoms. The third-order valence-corrected chi connectivity index (χ3v) is 2.52. The van der Waals surface area contributed by atoms with Gasteiger partial charge in [-0.2, -0.15) is 0 Å². The molecule has 1 unspecified atom stereocenters. The van der Waals surface area contributed by atoms with Crippen molar-refractivity contribution < 1.29 is 4.74 Å². The number of allylic oxidation sites excluding steroid dienone is 1. The molecule has 1 heteroatoms. The van der Waals surface area contributed by atoms with Gasteiger partial charge in [-0.1, -0.05) is 19.1 Å². The fourth-order valence-electron chi connectivity index (χ4n) is 1.61. The Balaban J connectivity index is 2.39. The van der Waals surface area contributed by atoms with E-state index in [1.165, 1.54) is 18.4 Å². The van der Waals surface area contributed by atoms with E-state index >= 15 is 0 Å². The van der Waals surface area contributed by atoms with Crippen LogP contribution in [0.1, 0.15) is 33.1 Å². The van der Waals surface area contributed by atoms with Crippen molar-refractivity contribution in [3.8, 4) is 0 Å². The molecule has 0 spiro atoms. The van der Waals surface area contributed by atoms with Gasteiger partial charge in [0, 0.05) is 6.61 Å². The van der Waals surface area contributed by atoms with Crippen molar-refractivity contribution in [3.05, 3.63) is 12.2 Å². The first-order chi connectivity index (χ1) is 5.24. The number of ether oxygens (including phenoxy) is 1. The second kappa shape index (κ2) is 3.91. The van der Waals surface area contributed by atoms with Crippen LogP contribution in [0, 0.1) is 5.92 Å². The SMILES string of the molecule is C=C(C)[C@H]1CCOC(CC)C1. The van der Waals surface area contributed by atoms with Gasteiger partial charge in [0.2, 0.25) is 0 Å². The van der Waals surface area contributed by atoms with E-state index in [2.05, 4.69) is 20.4 Å². The van der Waals surface area contributed by atoms with Gasteiger partial charge in [0.05, 0.1) is 6.10 Å². The zero-order chi connectivity index (χ0) is 8.27. The Morgan fingerprint density at radius 3 is 2.91 bits per heavy atom. The van der Waals surface area contributed by atoms with Crippen molar-refractivity contribution in [1.82, 2.24) is 0 Å². The molecule has 0 aromatic carbocycles. The predicted octanol–water partition coefficient (Wildman–Crippen LogP) is 2.77. The topological polar surface area (TPSA) is 9.23 Å². The number of hydrogen-bond acceptors (Lipinski definition) is 1. The maximum atomic E-state index is 5.57. The third kappa shape index (κ3) is 2.33. The van der Waals surface area contributed by atoms with Gasteiger partial charge >= 0.3 is 0 Å². The molecule has 0 bridgehead atoms. The van der Waals surface area contributed by atoms with Gasteiger partial charge in [0.25, 0.3) is 0 Å². The minimum absolute atomic E-state index is 0.491. The molecule has 1 heterocycles. The summed E-state index contributed by atoms with van der Waals surface area (Å²) in [5, 5.41) is 0. The summed E-state index contributed by atoms with van der Waals surface area (Å²) in [5.74, 6) is 0.716. The van der Waals surface area contributed by atoms with Gasteiger partial charge in [-0.25, -0.2) is 0 Å². The largest absolute Gasteiger partial charge is 0.378 e. The van der Waals surface area contributed by atoms with Crippen molar-refractivity contribution in [2.75, 3.05) is 6.61 Å². The number of rotatable bonds is 2. The first-order valence-electron chi connectivity index (χ1n) is 4.51. The highest BCUT2D eigenvalue weighted by Gasteiger charge is 2.21. The normalized spacial score (nSPS) is 31.8. The molecule has 0 aliphatic carbocycles. The van der Waals surface area contributed by atoms with E-state index in [0.717, 1.165) is 13.0 Å². The molecule has 1 saturated heterocycles. The molecule has 1 rings (SSSR count). The maximum absolute atomic E-state index is 5.57. The Hall–Kier alpha value is -0.300. The van der Waals surface area contributed by atoms with Crippen LogP contribution < -0.4 is 0 Å². The summed E-state index contributed by atoms with van der Waals surface area (Å²) in [6.45, 7) is 9.23. The molecule has 1 aliphatic rings. The molecule has 0 saturated carbocycles. The molecule has 0 amide bonds. The highest BCUT2D eigenvalue weighted by atomic mass is 16.5. The van der Waals surface area contributed by atoms with Crippen molar-refractivity contribution in [2.45, 2.75) is 39.2 Å². The van der Waals surface area contributed by atoms with Gasteiger partial charge in [0.1, 0.15) is 0 Å². The summed E-state index contributed by atoms with van der Waals surface area (Å²) in [7, 11) is 0. The smallest absolute Gasteiger partial charge is 0.0578 e. The van der Waals surface area contributed by atoms with Gasteiger partial charge in [0.15, 0.2) is 0 Å². The zero-order valence-corrected chi connectivity index (χ0v) is 7.60. The van der Waals surface area contributed by atoms with Crippen LogP contribution in [0.3, 0.4) is 0 Å². The molecule has 1 aliphatic heterocycles. The minimum atomic E-state index is 0.491.